The second-order valence-electron chi connectivity index (χ2n) is 5.26. The maximum atomic E-state index is 11.9. The van der Waals surface area contributed by atoms with Crippen molar-refractivity contribution < 1.29 is 14.4 Å². The van der Waals surface area contributed by atoms with E-state index in [4.69, 9.17) is 4.84 Å². The Morgan fingerprint density at radius 1 is 1.32 bits per heavy atom. The zero-order valence-corrected chi connectivity index (χ0v) is 13.1. The van der Waals surface area contributed by atoms with Gasteiger partial charge in [-0.25, -0.2) is 0 Å². The molecule has 2 amide bonds. The van der Waals surface area contributed by atoms with Gasteiger partial charge in [0.2, 0.25) is 5.91 Å². The van der Waals surface area contributed by atoms with Crippen molar-refractivity contribution in [2.45, 2.75) is 26.2 Å². The number of para-hydroxylation sites is 1. The predicted octanol–water partition coefficient (Wildman–Crippen LogP) is 1.04. The molecular weight excluding hydrogens is 282 g/mol. The van der Waals surface area contributed by atoms with E-state index >= 15 is 0 Å². The lowest BCUT2D eigenvalue weighted by atomic mass is 9.93. The van der Waals surface area contributed by atoms with Gasteiger partial charge in [0.1, 0.15) is 0 Å². The topological polar surface area (TPSA) is 70.7 Å². The molecule has 1 aromatic carbocycles. The quantitative estimate of drug-likeness (QED) is 0.790. The highest BCUT2D eigenvalue weighted by atomic mass is 16.7. The molecule has 0 aromatic heterocycles. The molecule has 2 N–H and O–H groups in total. The van der Waals surface area contributed by atoms with Crippen LogP contribution in [-0.4, -0.2) is 42.9 Å². The molecule has 6 heteroatoms. The van der Waals surface area contributed by atoms with Gasteiger partial charge in [0.25, 0.3) is 5.91 Å². The zero-order chi connectivity index (χ0) is 15.9. The van der Waals surface area contributed by atoms with E-state index in [1.54, 1.807) is 0 Å². The number of nitrogens with zero attached hydrogens (tertiary/aromatic N) is 1. The number of nitrogens with one attached hydrogen (secondary N) is 2. The van der Waals surface area contributed by atoms with E-state index in [0.29, 0.717) is 25.3 Å². The summed E-state index contributed by atoms with van der Waals surface area (Å²) >= 11 is 0. The highest BCUT2D eigenvalue weighted by molar-refractivity contribution is 5.85. The summed E-state index contributed by atoms with van der Waals surface area (Å²) in [5.74, 6) is 0.196. The van der Waals surface area contributed by atoms with Crippen molar-refractivity contribution in [2.75, 3.05) is 26.2 Å². The third kappa shape index (κ3) is 3.98. The summed E-state index contributed by atoms with van der Waals surface area (Å²) in [7, 11) is 0. The van der Waals surface area contributed by atoms with Crippen molar-refractivity contribution in [2.24, 2.45) is 0 Å². The van der Waals surface area contributed by atoms with Gasteiger partial charge in [0.05, 0.1) is 12.5 Å². The van der Waals surface area contributed by atoms with E-state index in [0.717, 1.165) is 18.7 Å². The van der Waals surface area contributed by atoms with Crippen molar-refractivity contribution in [3.05, 3.63) is 29.8 Å². The average Bonchev–Trinajstić information content (AvgIpc) is 2.54. The number of amides is 2. The van der Waals surface area contributed by atoms with Gasteiger partial charge in [-0.2, -0.15) is 5.48 Å². The van der Waals surface area contributed by atoms with Crippen molar-refractivity contribution in [1.82, 2.24) is 15.7 Å². The normalized spacial score (nSPS) is 16.7. The molecule has 22 heavy (non-hydrogen) atoms. The average molecular weight is 305 g/mol. The Hall–Kier alpha value is -2.08. The first-order chi connectivity index (χ1) is 10.7. The summed E-state index contributed by atoms with van der Waals surface area (Å²) in [6.07, 6.45) is 0.552. The fourth-order valence-electron chi connectivity index (χ4n) is 2.53. The third-order valence-corrected chi connectivity index (χ3v) is 3.89. The number of fused-ring (bicyclic) bond motifs is 1. The van der Waals surface area contributed by atoms with E-state index < -0.39 is 0 Å². The monoisotopic (exact) mass is 305 g/mol. The van der Waals surface area contributed by atoms with Gasteiger partial charge in [-0.1, -0.05) is 32.0 Å². The van der Waals surface area contributed by atoms with Gasteiger partial charge in [-0.05, 0) is 25.6 Å². The Morgan fingerprint density at radius 2 is 2.05 bits per heavy atom. The van der Waals surface area contributed by atoms with Crippen molar-refractivity contribution in [3.63, 3.8) is 0 Å². The fourth-order valence-corrected chi connectivity index (χ4v) is 2.53. The van der Waals surface area contributed by atoms with Crippen LogP contribution >= 0.6 is 0 Å². The van der Waals surface area contributed by atoms with Gasteiger partial charge >= 0.3 is 0 Å². The SMILES string of the molecule is CCN(CC)CC(=O)NCCC1C(=O)NOc2ccccc21. The van der Waals surface area contributed by atoms with E-state index in [1.165, 1.54) is 0 Å². The minimum absolute atomic E-state index is 0.00977. The first-order valence-corrected chi connectivity index (χ1v) is 7.70. The molecule has 0 aliphatic carbocycles. The largest absolute Gasteiger partial charge is 0.379 e. The maximum Gasteiger partial charge on any atom is 0.260 e. The van der Waals surface area contributed by atoms with Crippen molar-refractivity contribution in [3.8, 4) is 5.75 Å². The molecule has 0 saturated heterocycles. The zero-order valence-electron chi connectivity index (χ0n) is 13.1. The van der Waals surface area contributed by atoms with Gasteiger partial charge in [-0.15, -0.1) is 0 Å². The van der Waals surface area contributed by atoms with Crippen LogP contribution in [0.3, 0.4) is 0 Å². The first-order valence-electron chi connectivity index (χ1n) is 7.70. The van der Waals surface area contributed by atoms with Crippen LogP contribution in [0.15, 0.2) is 24.3 Å². The van der Waals surface area contributed by atoms with Gasteiger partial charge in [0.15, 0.2) is 5.75 Å². The summed E-state index contributed by atoms with van der Waals surface area (Å²) in [4.78, 5) is 31.0. The maximum absolute atomic E-state index is 11.9. The molecule has 1 aliphatic rings. The molecule has 1 heterocycles. The summed E-state index contributed by atoms with van der Waals surface area (Å²) in [5.41, 5.74) is 3.28. The van der Waals surface area contributed by atoms with Crippen molar-refractivity contribution in [1.29, 1.82) is 0 Å². The van der Waals surface area contributed by atoms with E-state index in [-0.39, 0.29) is 17.7 Å². The third-order valence-electron chi connectivity index (χ3n) is 3.89. The van der Waals surface area contributed by atoms with Crippen LogP contribution in [0.25, 0.3) is 0 Å². The molecule has 1 atom stereocenters. The van der Waals surface area contributed by atoms with Gasteiger partial charge < -0.3 is 10.2 Å². The fraction of sp³-hybridized carbons (Fsp3) is 0.500. The van der Waals surface area contributed by atoms with Crippen LogP contribution in [0.4, 0.5) is 0 Å². The standard InChI is InChI=1S/C16H23N3O3/c1-3-19(4-2)11-15(20)17-10-9-13-12-7-5-6-8-14(12)22-18-16(13)21/h5-8,13H,3-4,9-11H2,1-2H3,(H,17,20)(H,18,21). The number of rotatable bonds is 7. The lowest BCUT2D eigenvalue weighted by Crippen LogP contribution is -2.40. The van der Waals surface area contributed by atoms with Crippen molar-refractivity contribution >= 4 is 11.8 Å². The molecule has 1 unspecified atom stereocenters. The first kappa shape index (κ1) is 16.3. The Labute approximate surface area is 130 Å². The lowest BCUT2D eigenvalue weighted by molar-refractivity contribution is -0.131. The molecule has 2 rings (SSSR count). The molecule has 6 nitrogen and oxygen atoms in total. The second kappa shape index (κ2) is 7.79. The van der Waals surface area contributed by atoms with E-state index in [1.807, 2.05) is 43.0 Å². The number of likely N-dealkylation sites (N-methyl/N-ethyl adjacent to an activating group) is 1. The van der Waals surface area contributed by atoms with Gasteiger partial charge in [0, 0.05) is 12.1 Å². The molecule has 0 radical (unpaired) electrons. The molecular formula is C16H23N3O3. The highest BCUT2D eigenvalue weighted by Gasteiger charge is 2.28. The Bertz CT molecular complexity index is 529. The molecule has 0 bridgehead atoms. The molecule has 120 valence electrons. The Balaban J connectivity index is 1.86. The number of carbonyl (C=O) groups is 2. The van der Waals surface area contributed by atoms with Crippen LogP contribution in [0.2, 0.25) is 0 Å². The van der Waals surface area contributed by atoms with Crippen LogP contribution in [-0.2, 0) is 9.59 Å². The Kier molecular flexibility index (Phi) is 5.77. The lowest BCUT2D eigenvalue weighted by Gasteiger charge is -2.25. The van der Waals surface area contributed by atoms with Crippen LogP contribution in [0.5, 0.6) is 5.75 Å². The number of benzene rings is 1. The smallest absolute Gasteiger partial charge is 0.260 e. The minimum atomic E-state index is -0.293. The second-order valence-corrected chi connectivity index (χ2v) is 5.26. The van der Waals surface area contributed by atoms with Crippen LogP contribution in [0, 0.1) is 0 Å². The molecule has 0 fully saturated rings. The van der Waals surface area contributed by atoms with E-state index in [9.17, 15) is 9.59 Å². The molecule has 1 aliphatic heterocycles. The Morgan fingerprint density at radius 3 is 2.77 bits per heavy atom. The summed E-state index contributed by atoms with van der Waals surface area (Å²) in [5, 5.41) is 2.88. The summed E-state index contributed by atoms with van der Waals surface area (Å²) in [6, 6.07) is 7.45. The number of hydroxylamine groups is 1. The summed E-state index contributed by atoms with van der Waals surface area (Å²) < 4.78 is 0. The van der Waals surface area contributed by atoms with Gasteiger partial charge in [-0.3, -0.25) is 14.5 Å². The van der Waals surface area contributed by atoms with E-state index in [2.05, 4.69) is 10.8 Å². The number of hydrogen-bond donors (Lipinski definition) is 2. The highest BCUT2D eigenvalue weighted by Crippen LogP contribution is 2.31. The number of hydrogen-bond acceptors (Lipinski definition) is 4. The van der Waals surface area contributed by atoms with Crippen LogP contribution in [0.1, 0.15) is 31.7 Å². The van der Waals surface area contributed by atoms with Crippen LogP contribution < -0.4 is 15.6 Å². The summed E-state index contributed by atoms with van der Waals surface area (Å²) in [6.45, 7) is 6.61. The molecule has 0 spiro atoms. The number of carbonyl (C=O) groups excluding carboxylic acids is 2. The molecule has 0 saturated carbocycles. The predicted molar refractivity (Wildman–Crippen MR) is 83.4 cm³/mol. The molecule has 1 aromatic rings. The minimum Gasteiger partial charge on any atom is -0.379 e.